The van der Waals surface area contributed by atoms with Gasteiger partial charge in [-0.25, -0.2) is 0 Å². The SMILES string of the molecule is CC[C@H](Oc1ccc(C)cc1)C(=O)N[C@H](CC(C)C)c1ccccc1. The Morgan fingerprint density at radius 2 is 1.68 bits per heavy atom. The summed E-state index contributed by atoms with van der Waals surface area (Å²) < 4.78 is 5.91. The molecule has 0 fully saturated rings. The molecule has 0 aromatic heterocycles. The van der Waals surface area contributed by atoms with Crippen LogP contribution in [0.25, 0.3) is 0 Å². The molecule has 2 rings (SSSR count). The van der Waals surface area contributed by atoms with Crippen LogP contribution in [0.5, 0.6) is 5.75 Å². The highest BCUT2D eigenvalue weighted by atomic mass is 16.5. The highest BCUT2D eigenvalue weighted by molar-refractivity contribution is 5.81. The van der Waals surface area contributed by atoms with Gasteiger partial charge in [-0.15, -0.1) is 0 Å². The fraction of sp³-hybridized carbons (Fsp3) is 0.409. The molecule has 1 N–H and O–H groups in total. The topological polar surface area (TPSA) is 38.3 Å². The van der Waals surface area contributed by atoms with Gasteiger partial charge >= 0.3 is 0 Å². The first-order valence-corrected chi connectivity index (χ1v) is 9.08. The minimum Gasteiger partial charge on any atom is -0.481 e. The van der Waals surface area contributed by atoms with Crippen molar-refractivity contribution in [3.8, 4) is 5.75 Å². The second-order valence-electron chi connectivity index (χ2n) is 6.93. The predicted octanol–water partition coefficient (Wildman–Crippen LogP) is 5.06. The number of hydrogen-bond acceptors (Lipinski definition) is 2. The van der Waals surface area contributed by atoms with Crippen LogP contribution in [0.4, 0.5) is 0 Å². The van der Waals surface area contributed by atoms with Crippen molar-refractivity contribution in [2.75, 3.05) is 0 Å². The van der Waals surface area contributed by atoms with E-state index < -0.39 is 6.10 Å². The van der Waals surface area contributed by atoms with Crippen LogP contribution < -0.4 is 10.1 Å². The van der Waals surface area contributed by atoms with E-state index in [2.05, 4.69) is 31.3 Å². The molecule has 0 aliphatic heterocycles. The molecule has 0 aliphatic carbocycles. The first-order valence-electron chi connectivity index (χ1n) is 9.08. The Balaban J connectivity index is 2.08. The Labute approximate surface area is 151 Å². The highest BCUT2D eigenvalue weighted by Gasteiger charge is 2.23. The summed E-state index contributed by atoms with van der Waals surface area (Å²) in [5, 5.41) is 3.18. The van der Waals surface area contributed by atoms with Gasteiger partial charge in [0.05, 0.1) is 6.04 Å². The van der Waals surface area contributed by atoms with E-state index in [-0.39, 0.29) is 11.9 Å². The molecule has 1 amide bonds. The van der Waals surface area contributed by atoms with Gasteiger partial charge in [-0.1, -0.05) is 68.8 Å². The number of rotatable bonds is 8. The van der Waals surface area contributed by atoms with E-state index in [1.165, 1.54) is 5.56 Å². The highest BCUT2D eigenvalue weighted by Crippen LogP contribution is 2.22. The number of ether oxygens (including phenoxy) is 1. The van der Waals surface area contributed by atoms with Crippen molar-refractivity contribution in [2.45, 2.75) is 52.7 Å². The van der Waals surface area contributed by atoms with Gasteiger partial charge < -0.3 is 10.1 Å². The maximum Gasteiger partial charge on any atom is 0.261 e. The molecule has 3 nitrogen and oxygen atoms in total. The molecular formula is C22H29NO2. The maximum absolute atomic E-state index is 12.8. The summed E-state index contributed by atoms with van der Waals surface area (Å²) in [6, 6.07) is 17.9. The van der Waals surface area contributed by atoms with Crippen molar-refractivity contribution in [2.24, 2.45) is 5.92 Å². The molecular weight excluding hydrogens is 310 g/mol. The molecule has 0 unspecified atom stereocenters. The first-order chi connectivity index (χ1) is 12.0. The zero-order valence-corrected chi connectivity index (χ0v) is 15.7. The number of carbonyl (C=O) groups is 1. The Bertz CT molecular complexity index is 649. The first kappa shape index (κ1) is 19.0. The minimum absolute atomic E-state index is 0.00404. The quantitative estimate of drug-likeness (QED) is 0.730. The van der Waals surface area contributed by atoms with Crippen LogP contribution in [-0.2, 0) is 4.79 Å². The van der Waals surface area contributed by atoms with Crippen LogP contribution in [0, 0.1) is 12.8 Å². The Morgan fingerprint density at radius 1 is 1.04 bits per heavy atom. The number of amides is 1. The van der Waals surface area contributed by atoms with Crippen molar-refractivity contribution in [1.82, 2.24) is 5.32 Å². The van der Waals surface area contributed by atoms with Gasteiger partial charge in [0.15, 0.2) is 6.10 Å². The van der Waals surface area contributed by atoms with E-state index in [1.807, 2.05) is 56.3 Å². The van der Waals surface area contributed by atoms with Gasteiger partial charge in [-0.3, -0.25) is 4.79 Å². The number of benzene rings is 2. The van der Waals surface area contributed by atoms with E-state index in [0.29, 0.717) is 12.3 Å². The van der Waals surface area contributed by atoms with Crippen LogP contribution in [-0.4, -0.2) is 12.0 Å². The van der Waals surface area contributed by atoms with E-state index in [4.69, 9.17) is 4.74 Å². The molecule has 0 saturated carbocycles. The fourth-order valence-corrected chi connectivity index (χ4v) is 2.80. The predicted molar refractivity (Wildman–Crippen MR) is 103 cm³/mol. The summed E-state index contributed by atoms with van der Waals surface area (Å²) in [5.41, 5.74) is 2.31. The van der Waals surface area contributed by atoms with Crippen LogP contribution in [0.3, 0.4) is 0 Å². The van der Waals surface area contributed by atoms with Gasteiger partial charge in [-0.2, -0.15) is 0 Å². The van der Waals surface area contributed by atoms with Crippen LogP contribution >= 0.6 is 0 Å². The molecule has 3 heteroatoms. The second-order valence-corrected chi connectivity index (χ2v) is 6.93. The largest absolute Gasteiger partial charge is 0.481 e. The molecule has 2 aromatic carbocycles. The van der Waals surface area contributed by atoms with Crippen molar-refractivity contribution >= 4 is 5.91 Å². The number of carbonyl (C=O) groups excluding carboxylic acids is 1. The summed E-state index contributed by atoms with van der Waals surface area (Å²) >= 11 is 0. The average molecular weight is 339 g/mol. The van der Waals surface area contributed by atoms with E-state index >= 15 is 0 Å². The molecule has 0 aliphatic rings. The van der Waals surface area contributed by atoms with Crippen molar-refractivity contribution in [1.29, 1.82) is 0 Å². The van der Waals surface area contributed by atoms with Crippen molar-refractivity contribution in [3.63, 3.8) is 0 Å². The summed E-state index contributed by atoms with van der Waals surface area (Å²) in [6.45, 7) is 8.34. The van der Waals surface area contributed by atoms with Crippen LogP contribution in [0.15, 0.2) is 54.6 Å². The summed E-state index contributed by atoms with van der Waals surface area (Å²) in [6.07, 6.45) is 1.04. The summed E-state index contributed by atoms with van der Waals surface area (Å²) in [7, 11) is 0. The third-order valence-electron chi connectivity index (χ3n) is 4.19. The normalized spacial score (nSPS) is 13.3. The van der Waals surface area contributed by atoms with Crippen molar-refractivity contribution < 1.29 is 9.53 Å². The van der Waals surface area contributed by atoms with E-state index in [1.54, 1.807) is 0 Å². The summed E-state index contributed by atoms with van der Waals surface area (Å²) in [5.74, 6) is 1.16. The van der Waals surface area contributed by atoms with Crippen LogP contribution in [0.2, 0.25) is 0 Å². The Kier molecular flexibility index (Phi) is 7.05. The molecule has 2 aromatic rings. The lowest BCUT2D eigenvalue weighted by Gasteiger charge is -2.24. The van der Waals surface area contributed by atoms with Gasteiger partial charge in [0.25, 0.3) is 5.91 Å². The zero-order chi connectivity index (χ0) is 18.2. The molecule has 134 valence electrons. The van der Waals surface area contributed by atoms with E-state index in [0.717, 1.165) is 17.7 Å². The van der Waals surface area contributed by atoms with E-state index in [9.17, 15) is 4.79 Å². The van der Waals surface area contributed by atoms with Crippen molar-refractivity contribution in [3.05, 3.63) is 65.7 Å². The third kappa shape index (κ3) is 5.93. The van der Waals surface area contributed by atoms with Gasteiger partial charge in [-0.05, 0) is 43.4 Å². The average Bonchev–Trinajstić information content (AvgIpc) is 2.61. The Morgan fingerprint density at radius 3 is 2.24 bits per heavy atom. The lowest BCUT2D eigenvalue weighted by atomic mass is 9.96. The standard InChI is InChI=1S/C22H29NO2/c1-5-21(25-19-13-11-17(4)12-14-19)22(24)23-20(15-16(2)3)18-9-7-6-8-10-18/h6-14,16,20-21H,5,15H2,1-4H3,(H,23,24)/t20-,21+/m1/s1. The zero-order valence-electron chi connectivity index (χ0n) is 15.7. The number of hydrogen-bond donors (Lipinski definition) is 1. The minimum atomic E-state index is -0.485. The van der Waals surface area contributed by atoms with Gasteiger partial charge in [0, 0.05) is 0 Å². The molecule has 25 heavy (non-hydrogen) atoms. The third-order valence-corrected chi connectivity index (χ3v) is 4.19. The maximum atomic E-state index is 12.8. The lowest BCUT2D eigenvalue weighted by Crippen LogP contribution is -2.40. The Hall–Kier alpha value is -2.29. The number of aryl methyl sites for hydroxylation is 1. The molecule has 0 spiro atoms. The molecule has 2 atom stereocenters. The van der Waals surface area contributed by atoms with Gasteiger partial charge in [0.1, 0.15) is 5.75 Å². The monoisotopic (exact) mass is 339 g/mol. The fourth-order valence-electron chi connectivity index (χ4n) is 2.80. The van der Waals surface area contributed by atoms with Gasteiger partial charge in [0.2, 0.25) is 0 Å². The molecule has 0 saturated heterocycles. The van der Waals surface area contributed by atoms with Crippen LogP contribution in [0.1, 0.15) is 50.8 Å². The molecule has 0 bridgehead atoms. The summed E-state index contributed by atoms with van der Waals surface area (Å²) in [4.78, 5) is 12.8. The second kappa shape index (κ2) is 9.26. The lowest BCUT2D eigenvalue weighted by molar-refractivity contribution is -0.129. The molecule has 0 heterocycles. The number of nitrogens with one attached hydrogen (secondary N) is 1. The molecule has 0 radical (unpaired) electrons. The smallest absolute Gasteiger partial charge is 0.261 e.